The summed E-state index contributed by atoms with van der Waals surface area (Å²) in [7, 11) is -3.93. The molecule has 1 fully saturated rings. The summed E-state index contributed by atoms with van der Waals surface area (Å²) in [5, 5.41) is 0.636. The lowest BCUT2D eigenvalue weighted by Crippen LogP contribution is -2.49. The Bertz CT molecular complexity index is 1780. The molecule has 1 aliphatic rings. The van der Waals surface area contributed by atoms with Crippen molar-refractivity contribution in [2.75, 3.05) is 57.3 Å². The lowest BCUT2D eigenvalue weighted by molar-refractivity contribution is 0.356. The van der Waals surface area contributed by atoms with E-state index in [1.807, 2.05) is 4.90 Å². The van der Waals surface area contributed by atoms with Crippen molar-refractivity contribution in [1.82, 2.24) is 14.3 Å². The number of benzene rings is 3. The Balaban J connectivity index is 0.00000387. The Morgan fingerprint density at radius 2 is 1.27 bits per heavy atom. The van der Waals surface area contributed by atoms with E-state index in [2.05, 4.69) is 9.97 Å². The van der Waals surface area contributed by atoms with E-state index in [1.54, 1.807) is 55.6 Å². The number of ether oxygens (including phenoxy) is 2. The van der Waals surface area contributed by atoms with Crippen molar-refractivity contribution in [3.8, 4) is 22.6 Å². The summed E-state index contributed by atoms with van der Waals surface area (Å²) in [6.07, 6.45) is 1.15. The van der Waals surface area contributed by atoms with Crippen molar-refractivity contribution in [2.45, 2.75) is 9.79 Å². The molecule has 0 unspecified atom stereocenters. The number of hydrogen-bond donors (Lipinski definition) is 1. The molecule has 4 aromatic rings. The zero-order valence-corrected chi connectivity index (χ0v) is 25.1. The molecule has 218 valence electrons. The fraction of sp³-hybridized carbons (Fsp3) is 0.259. The van der Waals surface area contributed by atoms with Gasteiger partial charge in [0, 0.05) is 43.9 Å². The van der Waals surface area contributed by atoms with Crippen molar-refractivity contribution >= 4 is 54.9 Å². The average molecular weight is 620 g/mol. The summed E-state index contributed by atoms with van der Waals surface area (Å²) >= 11 is 0. The van der Waals surface area contributed by atoms with E-state index in [-0.39, 0.29) is 35.3 Å². The van der Waals surface area contributed by atoms with Gasteiger partial charge in [0.1, 0.15) is 5.82 Å². The van der Waals surface area contributed by atoms with Gasteiger partial charge in [-0.15, -0.1) is 12.4 Å². The van der Waals surface area contributed by atoms with E-state index in [0.717, 1.165) is 17.4 Å². The van der Waals surface area contributed by atoms with Crippen molar-refractivity contribution in [2.24, 2.45) is 0 Å². The molecular formula is C27H30ClN5O6S2. The Labute approximate surface area is 245 Å². The highest BCUT2D eigenvalue weighted by atomic mass is 35.5. The second-order valence-corrected chi connectivity index (χ2v) is 13.3. The number of methoxy groups -OCH3 is 2. The minimum absolute atomic E-state index is 0. The third kappa shape index (κ3) is 6.03. The summed E-state index contributed by atoms with van der Waals surface area (Å²) in [5.41, 5.74) is 8.39. The van der Waals surface area contributed by atoms with Crippen LogP contribution in [0.3, 0.4) is 0 Å². The predicted octanol–water partition coefficient (Wildman–Crippen LogP) is 3.23. The Hall–Kier alpha value is -3.65. The van der Waals surface area contributed by atoms with E-state index < -0.39 is 19.9 Å². The number of aromatic nitrogens is 2. The number of fused-ring (bicyclic) bond motifs is 1. The molecule has 3 aromatic carbocycles. The van der Waals surface area contributed by atoms with Gasteiger partial charge in [0.25, 0.3) is 0 Å². The SMILES string of the molecule is COc1cc2nc(N3CCN(S(=O)(=O)c4ccc(-c5ccc(S(C)(=O)=O)cc5)cc4)CC3)nc(N)c2cc1OC.Cl. The molecule has 0 spiro atoms. The molecular weight excluding hydrogens is 590 g/mol. The van der Waals surface area contributed by atoms with Gasteiger partial charge in [-0.25, -0.2) is 21.8 Å². The van der Waals surface area contributed by atoms with E-state index in [4.69, 9.17) is 15.2 Å². The quantitative estimate of drug-likeness (QED) is 0.327. The van der Waals surface area contributed by atoms with E-state index in [9.17, 15) is 16.8 Å². The van der Waals surface area contributed by atoms with Crippen LogP contribution in [0, 0.1) is 0 Å². The topological polar surface area (TPSA) is 145 Å². The second-order valence-electron chi connectivity index (χ2n) is 9.35. The van der Waals surface area contributed by atoms with Gasteiger partial charge >= 0.3 is 0 Å². The molecule has 0 atom stereocenters. The van der Waals surface area contributed by atoms with E-state index >= 15 is 0 Å². The summed E-state index contributed by atoms with van der Waals surface area (Å²) < 4.78 is 62.3. The van der Waals surface area contributed by atoms with Gasteiger partial charge in [-0.2, -0.15) is 9.29 Å². The molecule has 0 radical (unpaired) electrons. The average Bonchev–Trinajstić information content (AvgIpc) is 2.96. The molecule has 2 heterocycles. The molecule has 1 saturated heterocycles. The van der Waals surface area contributed by atoms with Crippen molar-refractivity contribution in [3.63, 3.8) is 0 Å². The number of nitrogens with zero attached hydrogens (tertiary/aromatic N) is 4. The van der Waals surface area contributed by atoms with Gasteiger partial charge in [0.15, 0.2) is 21.3 Å². The highest BCUT2D eigenvalue weighted by Crippen LogP contribution is 2.34. The third-order valence-corrected chi connectivity index (χ3v) is 9.89. The van der Waals surface area contributed by atoms with Crippen LogP contribution in [0.25, 0.3) is 22.0 Å². The molecule has 1 aromatic heterocycles. The third-order valence-electron chi connectivity index (χ3n) is 6.85. The molecule has 11 nitrogen and oxygen atoms in total. The van der Waals surface area contributed by atoms with Gasteiger partial charge in [-0.3, -0.25) is 0 Å². The maximum atomic E-state index is 13.4. The van der Waals surface area contributed by atoms with Crippen LogP contribution < -0.4 is 20.1 Å². The number of halogens is 1. The Kier molecular flexibility index (Phi) is 8.64. The maximum absolute atomic E-state index is 13.4. The minimum atomic E-state index is -3.72. The number of sulfonamides is 1. The predicted molar refractivity (Wildman–Crippen MR) is 160 cm³/mol. The molecule has 1 aliphatic heterocycles. The molecule has 41 heavy (non-hydrogen) atoms. The van der Waals surface area contributed by atoms with E-state index in [1.165, 1.54) is 23.5 Å². The molecule has 5 rings (SSSR count). The monoisotopic (exact) mass is 619 g/mol. The maximum Gasteiger partial charge on any atom is 0.243 e. The molecule has 0 aliphatic carbocycles. The molecule has 0 saturated carbocycles. The summed E-state index contributed by atoms with van der Waals surface area (Å²) in [6, 6.07) is 16.5. The van der Waals surface area contributed by atoms with Crippen molar-refractivity contribution < 1.29 is 26.3 Å². The lowest BCUT2D eigenvalue weighted by atomic mass is 10.1. The smallest absolute Gasteiger partial charge is 0.243 e. The normalized spacial score (nSPS) is 14.5. The van der Waals surface area contributed by atoms with Crippen LogP contribution in [0.1, 0.15) is 0 Å². The van der Waals surface area contributed by atoms with Crippen LogP contribution in [0.2, 0.25) is 0 Å². The highest BCUT2D eigenvalue weighted by molar-refractivity contribution is 7.90. The van der Waals surface area contributed by atoms with Gasteiger partial charge in [0.2, 0.25) is 16.0 Å². The first-order chi connectivity index (χ1) is 19.0. The summed E-state index contributed by atoms with van der Waals surface area (Å²) in [5.74, 6) is 1.75. The first-order valence-corrected chi connectivity index (χ1v) is 15.7. The van der Waals surface area contributed by atoms with Crippen LogP contribution in [-0.4, -0.2) is 77.8 Å². The number of nitrogens with two attached hydrogens (primary N) is 1. The fourth-order valence-electron chi connectivity index (χ4n) is 4.60. The molecule has 0 bridgehead atoms. The highest BCUT2D eigenvalue weighted by Gasteiger charge is 2.30. The van der Waals surface area contributed by atoms with E-state index in [0.29, 0.717) is 47.3 Å². The summed E-state index contributed by atoms with van der Waals surface area (Å²) in [4.78, 5) is 11.4. The molecule has 0 amide bonds. The van der Waals surface area contributed by atoms with Crippen LogP contribution in [-0.2, 0) is 19.9 Å². The number of anilines is 2. The number of piperazine rings is 1. The van der Waals surface area contributed by atoms with Crippen LogP contribution >= 0.6 is 12.4 Å². The first kappa shape index (κ1) is 30.3. The number of sulfone groups is 1. The summed E-state index contributed by atoms with van der Waals surface area (Å²) in [6.45, 7) is 1.29. The Morgan fingerprint density at radius 1 is 0.756 bits per heavy atom. The van der Waals surface area contributed by atoms with Crippen LogP contribution in [0.4, 0.5) is 11.8 Å². The van der Waals surface area contributed by atoms with Gasteiger partial charge in [0.05, 0.1) is 29.5 Å². The standard InChI is InChI=1S/C27H29N5O6S2.ClH/c1-37-24-16-22-23(17-25(24)38-2)29-27(30-26(22)28)31-12-14-32(15-13-31)40(35,36)21-10-6-19(7-11-21)18-4-8-20(9-5-18)39(3,33)34;/h4-11,16-17H,12-15H2,1-3H3,(H2,28,29,30);1H. The number of hydrogen-bond acceptors (Lipinski definition) is 10. The molecule has 14 heteroatoms. The van der Waals surface area contributed by atoms with Crippen molar-refractivity contribution in [3.05, 3.63) is 60.7 Å². The first-order valence-electron chi connectivity index (χ1n) is 12.4. The number of rotatable bonds is 7. The zero-order chi connectivity index (χ0) is 28.7. The second kappa shape index (κ2) is 11.7. The number of nitrogen functional groups attached to an aromatic ring is 1. The Morgan fingerprint density at radius 3 is 1.78 bits per heavy atom. The lowest BCUT2D eigenvalue weighted by Gasteiger charge is -2.34. The zero-order valence-electron chi connectivity index (χ0n) is 22.6. The molecule has 2 N–H and O–H groups in total. The van der Waals surface area contributed by atoms with Crippen molar-refractivity contribution in [1.29, 1.82) is 0 Å². The van der Waals surface area contributed by atoms with Gasteiger partial charge in [-0.05, 0) is 41.5 Å². The van der Waals surface area contributed by atoms with Gasteiger partial charge in [-0.1, -0.05) is 24.3 Å². The minimum Gasteiger partial charge on any atom is -0.493 e. The van der Waals surface area contributed by atoms with Gasteiger partial charge < -0.3 is 20.1 Å². The van der Waals surface area contributed by atoms with Crippen LogP contribution in [0.15, 0.2) is 70.5 Å². The van der Waals surface area contributed by atoms with Crippen LogP contribution in [0.5, 0.6) is 11.5 Å². The fourth-order valence-corrected chi connectivity index (χ4v) is 6.65. The largest absolute Gasteiger partial charge is 0.493 e.